The van der Waals surface area contributed by atoms with Crippen LogP contribution in [0.15, 0.2) is 54.6 Å². The minimum Gasteiger partial charge on any atom is -0.492 e. The molecule has 0 bridgehead atoms. The molecular weight excluding hydrogens is 446 g/mol. The summed E-state index contributed by atoms with van der Waals surface area (Å²) >= 11 is 0. The predicted octanol–water partition coefficient (Wildman–Crippen LogP) is 2.80. The first-order chi connectivity index (χ1) is 17.0. The van der Waals surface area contributed by atoms with Gasteiger partial charge in [-0.3, -0.25) is 10.1 Å². The van der Waals surface area contributed by atoms with Gasteiger partial charge in [-0.05, 0) is 49.6 Å². The first kappa shape index (κ1) is 26.7. The Hall–Kier alpha value is -2.94. The zero-order valence-corrected chi connectivity index (χ0v) is 20.9. The average Bonchev–Trinajstić information content (AvgIpc) is 2.90. The van der Waals surface area contributed by atoms with Crippen molar-refractivity contribution in [3.05, 3.63) is 65.7 Å². The van der Waals surface area contributed by atoms with Crippen molar-refractivity contribution in [3.8, 4) is 5.75 Å². The molecular formula is C27H37N3O5. The fourth-order valence-corrected chi connectivity index (χ4v) is 4.28. The monoisotopic (exact) mass is 483 g/mol. The van der Waals surface area contributed by atoms with Gasteiger partial charge in [-0.25, -0.2) is 4.79 Å². The summed E-state index contributed by atoms with van der Waals surface area (Å²) in [4.78, 5) is 27.6. The van der Waals surface area contributed by atoms with Gasteiger partial charge in [-0.2, -0.15) is 0 Å². The summed E-state index contributed by atoms with van der Waals surface area (Å²) in [6.45, 7) is 6.13. The molecule has 2 N–H and O–H groups in total. The molecule has 1 aliphatic heterocycles. The number of nitrogens with zero attached hydrogens (tertiary/aromatic N) is 1. The van der Waals surface area contributed by atoms with E-state index in [9.17, 15) is 9.59 Å². The molecule has 1 atom stereocenters. The second-order valence-electron chi connectivity index (χ2n) is 8.81. The molecule has 0 spiro atoms. The van der Waals surface area contributed by atoms with E-state index in [2.05, 4.69) is 15.5 Å². The molecule has 1 aliphatic rings. The number of likely N-dealkylation sites (tertiary alicyclic amines) is 1. The van der Waals surface area contributed by atoms with Crippen molar-refractivity contribution >= 4 is 11.9 Å². The molecule has 0 saturated carbocycles. The van der Waals surface area contributed by atoms with E-state index in [0.717, 1.165) is 30.9 Å². The molecule has 35 heavy (non-hydrogen) atoms. The van der Waals surface area contributed by atoms with E-state index in [1.54, 1.807) is 19.2 Å². The van der Waals surface area contributed by atoms with Gasteiger partial charge >= 0.3 is 5.97 Å². The largest absolute Gasteiger partial charge is 0.492 e. The Labute approximate surface area is 207 Å². The number of hydrogen-bond donors (Lipinski definition) is 2. The normalized spacial score (nSPS) is 16.3. The number of ether oxygens (including phenoxy) is 3. The van der Waals surface area contributed by atoms with E-state index < -0.39 is 5.54 Å². The summed E-state index contributed by atoms with van der Waals surface area (Å²) in [5.41, 5.74) is 0.727. The van der Waals surface area contributed by atoms with Crippen LogP contribution in [-0.2, 0) is 14.3 Å². The third kappa shape index (κ3) is 7.52. The number of amides is 1. The number of hydrogen-bond acceptors (Lipinski definition) is 7. The van der Waals surface area contributed by atoms with Gasteiger partial charge in [0.25, 0.3) is 0 Å². The molecule has 8 nitrogen and oxygen atoms in total. The van der Waals surface area contributed by atoms with Crippen LogP contribution in [0.25, 0.3) is 0 Å². The lowest BCUT2D eigenvalue weighted by Crippen LogP contribution is -2.62. The smallest absolute Gasteiger partial charge is 0.337 e. The zero-order valence-electron chi connectivity index (χ0n) is 20.9. The Kier molecular flexibility index (Phi) is 10.1. The van der Waals surface area contributed by atoms with Crippen LogP contribution in [0.2, 0.25) is 0 Å². The second-order valence-corrected chi connectivity index (χ2v) is 8.81. The van der Waals surface area contributed by atoms with E-state index in [1.165, 1.54) is 7.11 Å². The van der Waals surface area contributed by atoms with Crippen molar-refractivity contribution in [2.45, 2.75) is 31.3 Å². The van der Waals surface area contributed by atoms with Crippen LogP contribution in [0.4, 0.5) is 0 Å². The molecule has 0 aromatic heterocycles. The molecule has 0 unspecified atom stereocenters. The van der Waals surface area contributed by atoms with E-state index in [0.29, 0.717) is 38.2 Å². The molecule has 8 heteroatoms. The number of benzene rings is 2. The minimum absolute atomic E-state index is 0.0202. The molecule has 3 rings (SSSR count). The van der Waals surface area contributed by atoms with E-state index in [4.69, 9.17) is 14.2 Å². The summed E-state index contributed by atoms with van der Waals surface area (Å²) < 4.78 is 15.8. The topological polar surface area (TPSA) is 89.1 Å². The van der Waals surface area contributed by atoms with Crippen LogP contribution in [0.1, 0.15) is 41.7 Å². The van der Waals surface area contributed by atoms with Gasteiger partial charge in [0.15, 0.2) is 0 Å². The highest BCUT2D eigenvalue weighted by Gasteiger charge is 2.41. The number of carbonyl (C=O) groups excluding carboxylic acids is 2. The van der Waals surface area contributed by atoms with Crippen molar-refractivity contribution in [2.24, 2.45) is 0 Å². The number of rotatable bonds is 12. The van der Waals surface area contributed by atoms with Crippen molar-refractivity contribution in [1.29, 1.82) is 0 Å². The highest BCUT2D eigenvalue weighted by molar-refractivity contribution is 5.89. The number of para-hydroxylation sites is 1. The predicted molar refractivity (Wildman–Crippen MR) is 135 cm³/mol. The van der Waals surface area contributed by atoms with Crippen molar-refractivity contribution in [3.63, 3.8) is 0 Å². The highest BCUT2D eigenvalue weighted by atomic mass is 16.5. The summed E-state index contributed by atoms with van der Waals surface area (Å²) in [5, 5.41) is 6.70. The first-order valence-corrected chi connectivity index (χ1v) is 12.1. The lowest BCUT2D eigenvalue weighted by Gasteiger charge is -2.41. The van der Waals surface area contributed by atoms with Crippen LogP contribution < -0.4 is 15.4 Å². The standard InChI is InChI=1S/C27H37N3O5/c1-21(22-9-11-23(12-10-22)25(31)34-3)29-26(32)27(13-16-30(17-14-27)18-20-33-2)28-15-19-35-24-7-5-4-6-8-24/h4-12,21,28H,13-20H2,1-3H3,(H,29,32)/t21-/m0/s1. The highest BCUT2D eigenvalue weighted by Crippen LogP contribution is 2.25. The summed E-state index contributed by atoms with van der Waals surface area (Å²) in [6.07, 6.45) is 1.39. The molecule has 1 heterocycles. The molecule has 2 aromatic carbocycles. The molecule has 0 aliphatic carbocycles. The van der Waals surface area contributed by atoms with Crippen LogP contribution in [0, 0.1) is 0 Å². The minimum atomic E-state index is -0.677. The zero-order chi connectivity index (χ0) is 25.1. The van der Waals surface area contributed by atoms with Crippen molar-refractivity contribution in [2.75, 3.05) is 53.6 Å². The number of methoxy groups -OCH3 is 2. The Balaban J connectivity index is 1.63. The van der Waals surface area contributed by atoms with Crippen LogP contribution in [0.3, 0.4) is 0 Å². The van der Waals surface area contributed by atoms with E-state index in [-0.39, 0.29) is 17.9 Å². The molecule has 190 valence electrons. The lowest BCUT2D eigenvalue weighted by atomic mass is 9.85. The fraction of sp³-hybridized carbons (Fsp3) is 0.481. The SMILES string of the molecule is COCCN1CCC(NCCOc2ccccc2)(C(=O)N[C@@H](C)c2ccc(C(=O)OC)cc2)CC1. The lowest BCUT2D eigenvalue weighted by molar-refractivity contribution is -0.130. The van der Waals surface area contributed by atoms with Crippen LogP contribution in [-0.4, -0.2) is 75.9 Å². The average molecular weight is 484 g/mol. The Morgan fingerprint density at radius 1 is 1.00 bits per heavy atom. The molecule has 1 saturated heterocycles. The van der Waals surface area contributed by atoms with E-state index in [1.807, 2.05) is 49.4 Å². The molecule has 0 radical (unpaired) electrons. The van der Waals surface area contributed by atoms with Crippen LogP contribution in [0.5, 0.6) is 5.75 Å². The maximum atomic E-state index is 13.6. The van der Waals surface area contributed by atoms with Gasteiger partial charge in [0.2, 0.25) is 5.91 Å². The van der Waals surface area contributed by atoms with Crippen molar-refractivity contribution in [1.82, 2.24) is 15.5 Å². The maximum Gasteiger partial charge on any atom is 0.337 e. The number of esters is 1. The summed E-state index contributed by atoms with van der Waals surface area (Å²) in [7, 11) is 3.06. The third-order valence-corrected chi connectivity index (χ3v) is 6.51. The Morgan fingerprint density at radius 2 is 1.69 bits per heavy atom. The van der Waals surface area contributed by atoms with Crippen molar-refractivity contribution < 1.29 is 23.8 Å². The summed E-state index contributed by atoms with van der Waals surface area (Å²) in [6, 6.07) is 16.6. The Morgan fingerprint density at radius 3 is 2.31 bits per heavy atom. The maximum absolute atomic E-state index is 13.6. The van der Waals surface area contributed by atoms with Gasteiger partial charge in [-0.1, -0.05) is 30.3 Å². The first-order valence-electron chi connectivity index (χ1n) is 12.1. The fourth-order valence-electron chi connectivity index (χ4n) is 4.28. The van der Waals surface area contributed by atoms with Gasteiger partial charge < -0.3 is 24.4 Å². The van der Waals surface area contributed by atoms with Gasteiger partial charge in [0.05, 0.1) is 25.3 Å². The third-order valence-electron chi connectivity index (χ3n) is 6.51. The van der Waals surface area contributed by atoms with Gasteiger partial charge in [0.1, 0.15) is 17.9 Å². The molecule has 1 amide bonds. The molecule has 1 fully saturated rings. The quantitative estimate of drug-likeness (QED) is 0.354. The number of nitrogens with one attached hydrogen (secondary N) is 2. The number of carbonyl (C=O) groups is 2. The van der Waals surface area contributed by atoms with E-state index >= 15 is 0 Å². The van der Waals surface area contributed by atoms with Gasteiger partial charge in [-0.15, -0.1) is 0 Å². The summed E-state index contributed by atoms with van der Waals surface area (Å²) in [5.74, 6) is 0.411. The van der Waals surface area contributed by atoms with Gasteiger partial charge in [0, 0.05) is 33.3 Å². The number of piperidine rings is 1. The van der Waals surface area contributed by atoms with Crippen LogP contribution >= 0.6 is 0 Å². The molecule has 2 aromatic rings. The second kappa shape index (κ2) is 13.2. The Bertz CT molecular complexity index is 928.